The lowest BCUT2D eigenvalue weighted by molar-refractivity contribution is 0.259. The Bertz CT molecular complexity index is 569. The van der Waals surface area contributed by atoms with E-state index in [2.05, 4.69) is 45.6 Å². The van der Waals surface area contributed by atoms with Crippen molar-refractivity contribution in [2.75, 3.05) is 6.61 Å². The number of hydrogen-bond donors (Lipinski definition) is 1. The molecule has 2 heterocycles. The van der Waals surface area contributed by atoms with Crippen LogP contribution in [0.15, 0.2) is 40.2 Å². The second-order valence-corrected chi connectivity index (χ2v) is 6.74. The number of halogens is 1. The summed E-state index contributed by atoms with van der Waals surface area (Å²) in [5, 5.41) is 2.09. The van der Waals surface area contributed by atoms with E-state index >= 15 is 0 Å². The van der Waals surface area contributed by atoms with Gasteiger partial charge in [-0.3, -0.25) is 0 Å². The maximum absolute atomic E-state index is 6.35. The smallest absolute Gasteiger partial charge is 0.122 e. The van der Waals surface area contributed by atoms with E-state index in [-0.39, 0.29) is 6.04 Å². The molecule has 2 aromatic rings. The van der Waals surface area contributed by atoms with Gasteiger partial charge in [-0.1, -0.05) is 18.2 Å². The average molecular weight is 338 g/mol. The first-order valence-electron chi connectivity index (χ1n) is 6.45. The van der Waals surface area contributed by atoms with Crippen molar-refractivity contribution in [3.05, 3.63) is 50.6 Å². The van der Waals surface area contributed by atoms with Gasteiger partial charge in [0, 0.05) is 20.8 Å². The quantitative estimate of drug-likeness (QED) is 0.896. The Kier molecular flexibility index (Phi) is 3.91. The van der Waals surface area contributed by atoms with Crippen molar-refractivity contribution in [2.24, 2.45) is 5.73 Å². The minimum absolute atomic E-state index is 0.104. The van der Waals surface area contributed by atoms with Crippen LogP contribution in [0.1, 0.15) is 35.2 Å². The number of nitrogens with two attached hydrogens (primary N) is 1. The van der Waals surface area contributed by atoms with E-state index in [1.165, 1.54) is 10.4 Å². The summed E-state index contributed by atoms with van der Waals surface area (Å²) in [6, 6.07) is 10.5. The fourth-order valence-electron chi connectivity index (χ4n) is 2.61. The molecule has 0 amide bonds. The highest BCUT2D eigenvalue weighted by Crippen LogP contribution is 2.39. The van der Waals surface area contributed by atoms with Gasteiger partial charge in [-0.2, -0.15) is 0 Å². The van der Waals surface area contributed by atoms with Crippen LogP contribution in [0.25, 0.3) is 0 Å². The third kappa shape index (κ3) is 2.86. The minimum atomic E-state index is 0.104. The molecule has 2 unspecified atom stereocenters. The van der Waals surface area contributed by atoms with E-state index < -0.39 is 0 Å². The first-order valence-corrected chi connectivity index (χ1v) is 8.12. The van der Waals surface area contributed by atoms with Gasteiger partial charge in [0.05, 0.1) is 6.61 Å². The van der Waals surface area contributed by atoms with Crippen LogP contribution in [0.5, 0.6) is 5.75 Å². The Hall–Kier alpha value is -0.840. The van der Waals surface area contributed by atoms with Gasteiger partial charge in [-0.25, -0.2) is 0 Å². The molecule has 0 fully saturated rings. The lowest BCUT2D eigenvalue weighted by Gasteiger charge is -2.27. The zero-order valence-corrected chi connectivity index (χ0v) is 12.9. The number of rotatable bonds is 3. The fraction of sp³-hybridized carbons (Fsp3) is 0.333. The SMILES string of the molecule is NC(CC1CCOc2ccccc21)c1cc(Br)cs1. The molecule has 4 heteroatoms. The Morgan fingerprint density at radius 3 is 3.05 bits per heavy atom. The summed E-state index contributed by atoms with van der Waals surface area (Å²) in [5.74, 6) is 1.53. The normalized spacial score (nSPS) is 19.6. The second-order valence-electron chi connectivity index (χ2n) is 4.88. The molecule has 0 radical (unpaired) electrons. The van der Waals surface area contributed by atoms with E-state index in [0.29, 0.717) is 5.92 Å². The van der Waals surface area contributed by atoms with Crippen LogP contribution in [0, 0.1) is 0 Å². The van der Waals surface area contributed by atoms with E-state index in [0.717, 1.165) is 29.7 Å². The van der Waals surface area contributed by atoms with Crippen LogP contribution in [0.4, 0.5) is 0 Å². The standard InChI is InChI=1S/C15H16BrNOS/c16-11-8-15(19-9-11)13(17)7-10-5-6-18-14-4-2-1-3-12(10)14/h1-4,8-10,13H,5-7,17H2. The highest BCUT2D eigenvalue weighted by Gasteiger charge is 2.24. The van der Waals surface area contributed by atoms with E-state index in [1.54, 1.807) is 11.3 Å². The van der Waals surface area contributed by atoms with Gasteiger partial charge in [0.2, 0.25) is 0 Å². The fourth-order valence-corrected chi connectivity index (χ4v) is 4.07. The summed E-state index contributed by atoms with van der Waals surface area (Å²) in [6.45, 7) is 0.794. The molecule has 0 bridgehead atoms. The Labute approximate surface area is 125 Å². The molecule has 0 spiro atoms. The number of thiophene rings is 1. The topological polar surface area (TPSA) is 35.2 Å². The monoisotopic (exact) mass is 337 g/mol. The first-order chi connectivity index (χ1) is 9.24. The molecular formula is C15H16BrNOS. The summed E-state index contributed by atoms with van der Waals surface area (Å²) in [5.41, 5.74) is 7.65. The highest BCUT2D eigenvalue weighted by molar-refractivity contribution is 9.10. The molecule has 1 aromatic carbocycles. The summed E-state index contributed by atoms with van der Waals surface area (Å²) >= 11 is 5.21. The van der Waals surface area contributed by atoms with Gasteiger partial charge in [-0.05, 0) is 52.4 Å². The van der Waals surface area contributed by atoms with Crippen molar-refractivity contribution < 1.29 is 4.74 Å². The van der Waals surface area contributed by atoms with Crippen LogP contribution in [0.2, 0.25) is 0 Å². The average Bonchev–Trinajstić information content (AvgIpc) is 2.86. The molecule has 3 rings (SSSR count). The molecule has 100 valence electrons. The predicted molar refractivity (Wildman–Crippen MR) is 82.9 cm³/mol. The summed E-state index contributed by atoms with van der Waals surface area (Å²) in [6.07, 6.45) is 2.03. The van der Waals surface area contributed by atoms with Gasteiger partial charge in [-0.15, -0.1) is 11.3 Å². The zero-order chi connectivity index (χ0) is 13.2. The van der Waals surface area contributed by atoms with Crippen molar-refractivity contribution in [1.29, 1.82) is 0 Å². The molecule has 0 aliphatic carbocycles. The summed E-state index contributed by atoms with van der Waals surface area (Å²) in [4.78, 5) is 1.25. The van der Waals surface area contributed by atoms with Gasteiger partial charge in [0.25, 0.3) is 0 Å². The third-order valence-electron chi connectivity index (χ3n) is 3.57. The van der Waals surface area contributed by atoms with Crippen LogP contribution >= 0.6 is 27.3 Å². The number of hydrogen-bond acceptors (Lipinski definition) is 3. The molecule has 2 atom stereocenters. The van der Waals surface area contributed by atoms with Crippen LogP contribution in [0.3, 0.4) is 0 Å². The van der Waals surface area contributed by atoms with Gasteiger partial charge < -0.3 is 10.5 Å². The number of ether oxygens (including phenoxy) is 1. The Morgan fingerprint density at radius 2 is 2.26 bits per heavy atom. The van der Waals surface area contributed by atoms with Crippen LogP contribution in [-0.4, -0.2) is 6.61 Å². The van der Waals surface area contributed by atoms with E-state index in [4.69, 9.17) is 10.5 Å². The van der Waals surface area contributed by atoms with Crippen molar-refractivity contribution in [3.63, 3.8) is 0 Å². The zero-order valence-electron chi connectivity index (χ0n) is 10.5. The van der Waals surface area contributed by atoms with Crippen molar-refractivity contribution >= 4 is 27.3 Å². The van der Waals surface area contributed by atoms with Gasteiger partial charge in [0.15, 0.2) is 0 Å². The maximum Gasteiger partial charge on any atom is 0.122 e. The molecule has 1 aliphatic heterocycles. The molecule has 1 aromatic heterocycles. The molecule has 0 saturated carbocycles. The van der Waals surface area contributed by atoms with Gasteiger partial charge >= 0.3 is 0 Å². The van der Waals surface area contributed by atoms with Crippen LogP contribution < -0.4 is 10.5 Å². The van der Waals surface area contributed by atoms with Gasteiger partial charge in [0.1, 0.15) is 5.75 Å². The lowest BCUT2D eigenvalue weighted by atomic mass is 9.87. The predicted octanol–water partition coefficient (Wildman–Crippen LogP) is 4.47. The molecule has 2 nitrogen and oxygen atoms in total. The summed E-state index contributed by atoms with van der Waals surface area (Å²) in [7, 11) is 0. The molecule has 1 aliphatic rings. The Balaban J connectivity index is 1.77. The second kappa shape index (κ2) is 5.65. The number of benzene rings is 1. The Morgan fingerprint density at radius 1 is 1.42 bits per heavy atom. The lowest BCUT2D eigenvalue weighted by Crippen LogP contribution is -2.19. The highest BCUT2D eigenvalue weighted by atomic mass is 79.9. The van der Waals surface area contributed by atoms with E-state index in [1.807, 2.05) is 6.07 Å². The third-order valence-corrected chi connectivity index (χ3v) is 5.40. The largest absolute Gasteiger partial charge is 0.493 e. The molecule has 0 saturated heterocycles. The molecular weight excluding hydrogens is 322 g/mol. The minimum Gasteiger partial charge on any atom is -0.493 e. The van der Waals surface area contributed by atoms with E-state index in [9.17, 15) is 0 Å². The number of para-hydroxylation sites is 1. The molecule has 2 N–H and O–H groups in total. The number of fused-ring (bicyclic) bond motifs is 1. The van der Waals surface area contributed by atoms with Crippen molar-refractivity contribution in [3.8, 4) is 5.75 Å². The maximum atomic E-state index is 6.35. The van der Waals surface area contributed by atoms with Crippen molar-refractivity contribution in [2.45, 2.75) is 24.8 Å². The first kappa shape index (κ1) is 13.2. The van der Waals surface area contributed by atoms with Crippen LogP contribution in [-0.2, 0) is 0 Å². The van der Waals surface area contributed by atoms with Crippen molar-refractivity contribution in [1.82, 2.24) is 0 Å². The molecule has 19 heavy (non-hydrogen) atoms. The summed E-state index contributed by atoms with van der Waals surface area (Å²) < 4.78 is 6.82.